The smallest absolute Gasteiger partial charge is 0.318 e. The first-order valence-corrected chi connectivity index (χ1v) is 9.10. The molecule has 1 aromatic carbocycles. The Kier molecular flexibility index (Phi) is 5.61. The van der Waals surface area contributed by atoms with Gasteiger partial charge in [0.15, 0.2) is 0 Å². The van der Waals surface area contributed by atoms with Gasteiger partial charge in [0.25, 0.3) is 0 Å². The third-order valence-electron chi connectivity index (χ3n) is 5.30. The number of nitrogens with zero attached hydrogens (tertiary/aromatic N) is 2. The Hall–Kier alpha value is -2.34. The van der Waals surface area contributed by atoms with Crippen LogP contribution in [0.25, 0.3) is 5.57 Å². The number of hydrogen-bond donors (Lipinski definition) is 1. The van der Waals surface area contributed by atoms with Gasteiger partial charge in [-0.25, -0.2) is 4.79 Å². The third kappa shape index (κ3) is 3.75. The van der Waals surface area contributed by atoms with Crippen LogP contribution in [0.3, 0.4) is 0 Å². The number of aryl methyl sites for hydroxylation is 1. The first-order valence-electron chi connectivity index (χ1n) is 9.10. The molecule has 6 heteroatoms. The van der Waals surface area contributed by atoms with Crippen LogP contribution in [0, 0.1) is 6.92 Å². The largest absolute Gasteiger partial charge is 0.383 e. The fourth-order valence-electron chi connectivity index (χ4n) is 3.87. The number of carbonyl (C=O) groups is 2. The maximum absolute atomic E-state index is 12.7. The second-order valence-corrected chi connectivity index (χ2v) is 7.02. The van der Waals surface area contributed by atoms with E-state index < -0.39 is 0 Å². The van der Waals surface area contributed by atoms with Crippen molar-refractivity contribution in [2.75, 3.05) is 33.4 Å². The fraction of sp³-hybridized carbons (Fsp3) is 0.500. The van der Waals surface area contributed by atoms with Crippen LogP contribution >= 0.6 is 0 Å². The molecule has 1 N–H and O–H groups in total. The van der Waals surface area contributed by atoms with Gasteiger partial charge in [-0.1, -0.05) is 24.3 Å². The number of urea groups is 1. The lowest BCUT2D eigenvalue weighted by Gasteiger charge is -2.36. The van der Waals surface area contributed by atoms with Crippen molar-refractivity contribution in [1.82, 2.24) is 15.1 Å². The SMILES string of the molecule is COCCN1C(=O)N[C@@H]2CN(C(=O)/C=C(\C)c3ccccc3C)CC[C@@H]21. The maximum atomic E-state index is 12.7. The molecule has 6 nitrogen and oxygen atoms in total. The number of amides is 3. The molecule has 0 saturated carbocycles. The molecule has 0 radical (unpaired) electrons. The second-order valence-electron chi connectivity index (χ2n) is 7.02. The van der Waals surface area contributed by atoms with E-state index in [2.05, 4.69) is 5.32 Å². The lowest BCUT2D eigenvalue weighted by molar-refractivity contribution is -0.127. The maximum Gasteiger partial charge on any atom is 0.318 e. The molecule has 0 aliphatic carbocycles. The third-order valence-corrected chi connectivity index (χ3v) is 5.30. The van der Waals surface area contributed by atoms with Crippen LogP contribution < -0.4 is 5.32 Å². The Morgan fingerprint density at radius 2 is 2.15 bits per heavy atom. The Labute approximate surface area is 154 Å². The van der Waals surface area contributed by atoms with Gasteiger partial charge >= 0.3 is 6.03 Å². The van der Waals surface area contributed by atoms with E-state index in [0.29, 0.717) is 26.2 Å². The summed E-state index contributed by atoms with van der Waals surface area (Å²) in [4.78, 5) is 28.6. The molecular weight excluding hydrogens is 330 g/mol. The number of likely N-dealkylation sites (tertiary alicyclic amines) is 1. The summed E-state index contributed by atoms with van der Waals surface area (Å²) in [6.45, 7) is 6.34. The number of fused-ring (bicyclic) bond motifs is 1. The van der Waals surface area contributed by atoms with Crippen LogP contribution in [0.5, 0.6) is 0 Å². The number of ether oxygens (including phenoxy) is 1. The molecule has 26 heavy (non-hydrogen) atoms. The summed E-state index contributed by atoms with van der Waals surface area (Å²) >= 11 is 0. The minimum absolute atomic E-state index is 0.00814. The number of piperidine rings is 1. The number of nitrogens with one attached hydrogen (secondary N) is 1. The monoisotopic (exact) mass is 357 g/mol. The highest BCUT2D eigenvalue weighted by Gasteiger charge is 2.42. The number of benzene rings is 1. The Morgan fingerprint density at radius 1 is 1.38 bits per heavy atom. The number of hydrogen-bond acceptors (Lipinski definition) is 3. The van der Waals surface area contributed by atoms with E-state index in [4.69, 9.17) is 4.74 Å². The van der Waals surface area contributed by atoms with Gasteiger partial charge in [-0.05, 0) is 37.0 Å². The molecule has 2 fully saturated rings. The van der Waals surface area contributed by atoms with Gasteiger partial charge in [-0.2, -0.15) is 0 Å². The van der Waals surface area contributed by atoms with E-state index in [9.17, 15) is 9.59 Å². The zero-order valence-electron chi connectivity index (χ0n) is 15.7. The Morgan fingerprint density at radius 3 is 2.88 bits per heavy atom. The molecule has 140 valence electrons. The van der Waals surface area contributed by atoms with Gasteiger partial charge in [0.05, 0.1) is 18.7 Å². The molecular formula is C20H27N3O3. The molecule has 3 amide bonds. The minimum atomic E-state index is -0.0574. The fourth-order valence-corrected chi connectivity index (χ4v) is 3.87. The predicted molar refractivity (Wildman–Crippen MR) is 101 cm³/mol. The van der Waals surface area contributed by atoms with Gasteiger partial charge in [0, 0.05) is 32.8 Å². The van der Waals surface area contributed by atoms with E-state index in [-0.39, 0.29) is 24.0 Å². The van der Waals surface area contributed by atoms with Crippen LogP contribution in [-0.4, -0.2) is 67.2 Å². The number of carbonyl (C=O) groups excluding carboxylic acids is 2. The average molecular weight is 357 g/mol. The zero-order valence-corrected chi connectivity index (χ0v) is 15.7. The zero-order chi connectivity index (χ0) is 18.7. The second kappa shape index (κ2) is 7.91. The summed E-state index contributed by atoms with van der Waals surface area (Å²) in [5.41, 5.74) is 3.22. The van der Waals surface area contributed by atoms with Gasteiger partial charge in [-0.15, -0.1) is 0 Å². The summed E-state index contributed by atoms with van der Waals surface area (Å²) < 4.78 is 5.09. The van der Waals surface area contributed by atoms with Crippen LogP contribution in [0.15, 0.2) is 30.3 Å². The molecule has 2 heterocycles. The normalized spacial score (nSPS) is 23.0. The van der Waals surface area contributed by atoms with E-state index in [1.807, 2.05) is 47.9 Å². The van der Waals surface area contributed by atoms with Crippen LogP contribution in [-0.2, 0) is 9.53 Å². The standard InChI is InChI=1S/C20H27N3O3/c1-14-6-4-5-7-16(14)15(2)12-19(24)22-9-8-18-17(13-22)21-20(25)23(18)10-11-26-3/h4-7,12,17-18H,8-11,13H2,1-3H3,(H,21,25)/b15-12+/t17-,18+/m1/s1. The van der Waals surface area contributed by atoms with Crippen LogP contribution in [0.1, 0.15) is 24.5 Å². The number of methoxy groups -OCH3 is 1. The van der Waals surface area contributed by atoms with Crippen molar-refractivity contribution in [2.45, 2.75) is 32.4 Å². The number of rotatable bonds is 5. The molecule has 2 atom stereocenters. The van der Waals surface area contributed by atoms with Crippen molar-refractivity contribution >= 4 is 17.5 Å². The van der Waals surface area contributed by atoms with Gasteiger partial charge in [0.1, 0.15) is 0 Å². The van der Waals surface area contributed by atoms with E-state index in [1.165, 1.54) is 0 Å². The summed E-state index contributed by atoms with van der Waals surface area (Å²) in [7, 11) is 1.63. The van der Waals surface area contributed by atoms with Gasteiger partial charge in [0.2, 0.25) is 5.91 Å². The van der Waals surface area contributed by atoms with Crippen molar-refractivity contribution in [2.24, 2.45) is 0 Å². The first-order chi connectivity index (χ1) is 12.5. The van der Waals surface area contributed by atoms with E-state index >= 15 is 0 Å². The highest BCUT2D eigenvalue weighted by Crippen LogP contribution is 2.24. The van der Waals surface area contributed by atoms with Crippen molar-refractivity contribution in [1.29, 1.82) is 0 Å². The lowest BCUT2D eigenvalue weighted by atomic mass is 9.98. The lowest BCUT2D eigenvalue weighted by Crippen LogP contribution is -2.52. The molecule has 0 aromatic heterocycles. The molecule has 1 aromatic rings. The summed E-state index contributed by atoms with van der Waals surface area (Å²) in [6, 6.07) is 8.14. The molecule has 0 spiro atoms. The van der Waals surface area contributed by atoms with Crippen LogP contribution in [0.2, 0.25) is 0 Å². The summed E-state index contributed by atoms with van der Waals surface area (Å²) in [5.74, 6) is 0.00814. The molecule has 2 aliphatic heterocycles. The van der Waals surface area contributed by atoms with E-state index in [1.54, 1.807) is 13.2 Å². The average Bonchev–Trinajstić information content (AvgIpc) is 2.94. The summed E-state index contributed by atoms with van der Waals surface area (Å²) in [6.07, 6.45) is 2.50. The predicted octanol–water partition coefficient (Wildman–Crippen LogP) is 2.04. The Bertz CT molecular complexity index is 716. The quantitative estimate of drug-likeness (QED) is 0.821. The molecule has 0 unspecified atom stereocenters. The molecule has 2 saturated heterocycles. The first kappa shape index (κ1) is 18.5. The number of allylic oxidation sites excluding steroid dienone is 1. The molecule has 3 rings (SSSR count). The van der Waals surface area contributed by atoms with Gasteiger partial charge in [-0.3, -0.25) is 4.79 Å². The minimum Gasteiger partial charge on any atom is -0.383 e. The Balaban J connectivity index is 1.66. The van der Waals surface area contributed by atoms with Crippen molar-refractivity contribution in [3.63, 3.8) is 0 Å². The topological polar surface area (TPSA) is 61.9 Å². The van der Waals surface area contributed by atoms with Crippen LogP contribution in [0.4, 0.5) is 4.79 Å². The molecule has 2 aliphatic rings. The van der Waals surface area contributed by atoms with Crippen molar-refractivity contribution < 1.29 is 14.3 Å². The van der Waals surface area contributed by atoms with Crippen molar-refractivity contribution in [3.8, 4) is 0 Å². The van der Waals surface area contributed by atoms with Gasteiger partial charge < -0.3 is 19.9 Å². The summed E-state index contributed by atoms with van der Waals surface area (Å²) in [5, 5.41) is 3.01. The highest BCUT2D eigenvalue weighted by atomic mass is 16.5. The highest BCUT2D eigenvalue weighted by molar-refractivity contribution is 5.95. The molecule has 0 bridgehead atoms. The van der Waals surface area contributed by atoms with Crippen molar-refractivity contribution in [3.05, 3.63) is 41.5 Å². The van der Waals surface area contributed by atoms with E-state index in [0.717, 1.165) is 23.1 Å².